The molecule has 2 N–H and O–H groups in total. The lowest BCUT2D eigenvalue weighted by Crippen LogP contribution is -2.34. The average Bonchev–Trinajstić information content (AvgIpc) is 3.10. The molecule has 1 saturated heterocycles. The number of anilines is 2. The third-order valence-electron chi connectivity index (χ3n) is 3.98. The summed E-state index contributed by atoms with van der Waals surface area (Å²) in [6.45, 7) is 4.53. The number of aromatic amines is 1. The summed E-state index contributed by atoms with van der Waals surface area (Å²) >= 11 is 0. The molecule has 0 bridgehead atoms. The molecule has 0 spiro atoms. The molecule has 1 aliphatic heterocycles. The number of nitrogens with zero attached hydrogens (tertiary/aromatic N) is 5. The fourth-order valence-electron chi connectivity index (χ4n) is 2.77. The predicted octanol–water partition coefficient (Wildman–Crippen LogP) is 2.41. The van der Waals surface area contributed by atoms with Crippen molar-refractivity contribution in [3.05, 3.63) is 36.3 Å². The first-order valence-corrected chi connectivity index (χ1v) is 7.72. The molecule has 0 amide bonds. The van der Waals surface area contributed by atoms with E-state index in [1.54, 1.807) is 6.20 Å². The van der Waals surface area contributed by atoms with E-state index in [0.29, 0.717) is 5.57 Å². The molecule has 0 saturated carbocycles. The Balaban J connectivity index is 1.67. The molecule has 118 valence electrons. The lowest BCUT2D eigenvalue weighted by Gasteiger charge is -2.32. The molecule has 0 aliphatic carbocycles. The maximum atomic E-state index is 9.13. The van der Waals surface area contributed by atoms with Gasteiger partial charge in [-0.3, -0.25) is 0 Å². The normalized spacial score (nSPS) is 18.5. The Bertz CT molecular complexity index is 697. The van der Waals surface area contributed by atoms with Gasteiger partial charge in [-0.2, -0.15) is 10.5 Å². The number of nitriles is 1. The number of rotatable bonds is 4. The number of H-pyrrole nitrogens is 1. The smallest absolute Gasteiger partial charge is 0.216 e. The lowest BCUT2D eigenvalue weighted by atomic mass is 10.00. The van der Waals surface area contributed by atoms with E-state index in [1.165, 1.54) is 18.5 Å². The number of hydrogen-bond donors (Lipinski definition) is 2. The van der Waals surface area contributed by atoms with E-state index < -0.39 is 0 Å². The van der Waals surface area contributed by atoms with Crippen molar-refractivity contribution in [2.75, 3.05) is 23.3 Å². The van der Waals surface area contributed by atoms with E-state index in [0.717, 1.165) is 24.7 Å². The Morgan fingerprint density at radius 1 is 1.43 bits per heavy atom. The second-order valence-electron chi connectivity index (χ2n) is 5.79. The number of allylic oxidation sites excluding steroid dienone is 1. The zero-order valence-electron chi connectivity index (χ0n) is 13.0. The number of piperidine rings is 1. The molecule has 7 heteroatoms. The maximum Gasteiger partial charge on any atom is 0.216 e. The van der Waals surface area contributed by atoms with Crippen molar-refractivity contribution in [1.82, 2.24) is 20.6 Å². The number of hydrogen-bond acceptors (Lipinski definition) is 6. The average molecular weight is 309 g/mol. The molecule has 1 aromatic heterocycles. The largest absolute Gasteiger partial charge is 0.371 e. The van der Waals surface area contributed by atoms with Crippen LogP contribution in [0.4, 0.5) is 11.4 Å². The minimum Gasteiger partial charge on any atom is -0.371 e. The van der Waals surface area contributed by atoms with Gasteiger partial charge in [0.25, 0.3) is 0 Å². The van der Waals surface area contributed by atoms with Crippen LogP contribution >= 0.6 is 0 Å². The van der Waals surface area contributed by atoms with E-state index >= 15 is 0 Å². The Labute approximate surface area is 135 Å². The third kappa shape index (κ3) is 3.66. The molecule has 23 heavy (non-hydrogen) atoms. The second-order valence-corrected chi connectivity index (χ2v) is 5.79. The first-order chi connectivity index (χ1) is 11.3. The zero-order valence-corrected chi connectivity index (χ0v) is 13.0. The van der Waals surface area contributed by atoms with Crippen molar-refractivity contribution in [1.29, 1.82) is 5.26 Å². The molecule has 1 atom stereocenters. The van der Waals surface area contributed by atoms with Crippen LogP contribution in [0.5, 0.6) is 0 Å². The Morgan fingerprint density at radius 3 is 2.91 bits per heavy atom. The van der Waals surface area contributed by atoms with Crippen LogP contribution in [0.3, 0.4) is 0 Å². The monoisotopic (exact) mass is 309 g/mol. The van der Waals surface area contributed by atoms with Crippen LogP contribution in [0.15, 0.2) is 30.5 Å². The second kappa shape index (κ2) is 6.92. The summed E-state index contributed by atoms with van der Waals surface area (Å²) in [5.74, 6) is 1.02. The van der Waals surface area contributed by atoms with Crippen molar-refractivity contribution in [2.24, 2.45) is 5.92 Å². The Hall–Kier alpha value is -2.88. The van der Waals surface area contributed by atoms with Crippen molar-refractivity contribution in [3.63, 3.8) is 0 Å². The molecule has 1 aliphatic rings. The number of tetrazole rings is 1. The first-order valence-electron chi connectivity index (χ1n) is 7.72. The molecular formula is C16H19N7. The lowest BCUT2D eigenvalue weighted by molar-refractivity contribution is 0.447. The van der Waals surface area contributed by atoms with Gasteiger partial charge in [0.1, 0.15) is 11.6 Å². The molecule has 0 radical (unpaired) electrons. The van der Waals surface area contributed by atoms with Crippen molar-refractivity contribution < 1.29 is 0 Å². The van der Waals surface area contributed by atoms with Crippen LogP contribution in [0.2, 0.25) is 0 Å². The summed E-state index contributed by atoms with van der Waals surface area (Å²) < 4.78 is 0. The van der Waals surface area contributed by atoms with E-state index in [9.17, 15) is 0 Å². The van der Waals surface area contributed by atoms with Gasteiger partial charge >= 0.3 is 0 Å². The molecule has 2 aromatic rings. The van der Waals surface area contributed by atoms with Gasteiger partial charge in [0, 0.05) is 30.7 Å². The highest BCUT2D eigenvalue weighted by atomic mass is 15.5. The minimum absolute atomic E-state index is 0.277. The molecule has 2 heterocycles. The van der Waals surface area contributed by atoms with Gasteiger partial charge < -0.3 is 10.2 Å². The fraction of sp³-hybridized carbons (Fsp3) is 0.375. The Kier molecular flexibility index (Phi) is 4.52. The summed E-state index contributed by atoms with van der Waals surface area (Å²) in [5.41, 5.74) is 2.48. The highest BCUT2D eigenvalue weighted by Crippen LogP contribution is 2.24. The minimum atomic E-state index is 0.277. The number of benzene rings is 1. The van der Waals surface area contributed by atoms with E-state index in [2.05, 4.69) is 49.9 Å². The predicted molar refractivity (Wildman–Crippen MR) is 88.4 cm³/mol. The molecular weight excluding hydrogens is 290 g/mol. The summed E-state index contributed by atoms with van der Waals surface area (Å²) in [5, 5.41) is 25.6. The summed E-state index contributed by atoms with van der Waals surface area (Å²) in [6, 6.07) is 10.3. The maximum absolute atomic E-state index is 9.13. The van der Waals surface area contributed by atoms with Crippen LogP contribution in [0.25, 0.3) is 5.57 Å². The van der Waals surface area contributed by atoms with Gasteiger partial charge in [0.05, 0.1) is 0 Å². The number of aromatic nitrogens is 4. The molecule has 7 nitrogen and oxygen atoms in total. The van der Waals surface area contributed by atoms with E-state index in [-0.39, 0.29) is 5.82 Å². The molecule has 1 unspecified atom stereocenters. The van der Waals surface area contributed by atoms with Gasteiger partial charge in [0.15, 0.2) is 0 Å². The topological polar surface area (TPSA) is 93.5 Å². The van der Waals surface area contributed by atoms with Crippen LogP contribution in [-0.2, 0) is 0 Å². The van der Waals surface area contributed by atoms with Gasteiger partial charge in [-0.05, 0) is 48.2 Å². The van der Waals surface area contributed by atoms with Gasteiger partial charge in [0.2, 0.25) is 5.82 Å². The van der Waals surface area contributed by atoms with E-state index in [1.807, 2.05) is 18.2 Å². The van der Waals surface area contributed by atoms with Crippen LogP contribution < -0.4 is 10.2 Å². The molecule has 1 fully saturated rings. The van der Waals surface area contributed by atoms with Crippen LogP contribution in [0.1, 0.15) is 25.6 Å². The quantitative estimate of drug-likeness (QED) is 0.842. The molecule has 3 rings (SSSR count). The SMILES string of the molecule is CC1CCCN(c2ccc(NC=C(C#N)c3nn[nH]n3)cc2)C1. The standard InChI is InChI=1S/C16H19N7/c1-12-3-2-8-23(11-12)15-6-4-14(5-7-15)18-10-13(9-17)16-19-21-22-20-16/h4-7,10,12,18H,2-3,8,11H2,1H3,(H,19,20,21,22). The summed E-state index contributed by atoms with van der Waals surface area (Å²) in [7, 11) is 0. The van der Waals surface area contributed by atoms with Gasteiger partial charge in [-0.15, -0.1) is 10.2 Å². The summed E-state index contributed by atoms with van der Waals surface area (Å²) in [4.78, 5) is 2.42. The highest BCUT2D eigenvalue weighted by Gasteiger charge is 2.16. The fourth-order valence-corrected chi connectivity index (χ4v) is 2.77. The molecule has 1 aromatic carbocycles. The van der Waals surface area contributed by atoms with E-state index in [4.69, 9.17) is 5.26 Å². The highest BCUT2D eigenvalue weighted by molar-refractivity contribution is 5.74. The van der Waals surface area contributed by atoms with Crippen molar-refractivity contribution in [2.45, 2.75) is 19.8 Å². The van der Waals surface area contributed by atoms with Crippen LogP contribution in [-0.4, -0.2) is 33.7 Å². The first kappa shape index (κ1) is 15.0. The Morgan fingerprint density at radius 2 is 2.26 bits per heavy atom. The zero-order chi connectivity index (χ0) is 16.1. The number of nitrogens with one attached hydrogen (secondary N) is 2. The van der Waals surface area contributed by atoms with Crippen molar-refractivity contribution in [3.8, 4) is 6.07 Å². The summed E-state index contributed by atoms with van der Waals surface area (Å²) in [6.07, 6.45) is 4.15. The van der Waals surface area contributed by atoms with Crippen LogP contribution in [0, 0.1) is 17.2 Å². The van der Waals surface area contributed by atoms with Gasteiger partial charge in [-0.1, -0.05) is 6.92 Å². The third-order valence-corrected chi connectivity index (χ3v) is 3.98. The van der Waals surface area contributed by atoms with Crippen molar-refractivity contribution >= 4 is 16.9 Å². The van der Waals surface area contributed by atoms with Gasteiger partial charge in [-0.25, -0.2) is 0 Å².